The van der Waals surface area contributed by atoms with E-state index in [0.29, 0.717) is 23.7 Å². The fourth-order valence-corrected chi connectivity index (χ4v) is 2.01. The van der Waals surface area contributed by atoms with E-state index in [2.05, 4.69) is 10.6 Å². The normalized spacial score (nSPS) is 11.8. The van der Waals surface area contributed by atoms with E-state index < -0.39 is 24.0 Å². The minimum Gasteiger partial charge on any atom is -0.493 e. The molecule has 0 spiro atoms. The molecule has 0 bridgehead atoms. The van der Waals surface area contributed by atoms with E-state index in [0.717, 1.165) is 0 Å². The van der Waals surface area contributed by atoms with Crippen LogP contribution in [0.1, 0.15) is 33.3 Å². The van der Waals surface area contributed by atoms with E-state index in [9.17, 15) is 14.4 Å². The van der Waals surface area contributed by atoms with Crippen molar-refractivity contribution in [1.82, 2.24) is 10.6 Å². The molecule has 0 aliphatic rings. The SMILES string of the molecule is CCOc1cc(/C=C/C(=O)O[C@@H](C)C(=O)NC(=O)NC(C)C)ccc1OC. The number of amides is 3. The number of methoxy groups -OCH3 is 1. The van der Waals surface area contributed by atoms with Crippen LogP contribution in [0.2, 0.25) is 0 Å². The number of ether oxygens (including phenoxy) is 3. The molecule has 3 amide bonds. The number of carbonyl (C=O) groups is 3. The number of urea groups is 1. The minimum atomic E-state index is -1.12. The summed E-state index contributed by atoms with van der Waals surface area (Å²) in [6.45, 7) is 7.23. The van der Waals surface area contributed by atoms with Crippen LogP contribution in [-0.2, 0) is 14.3 Å². The van der Waals surface area contributed by atoms with Crippen molar-refractivity contribution >= 4 is 24.0 Å². The Balaban J connectivity index is 2.64. The molecule has 0 saturated heterocycles. The number of hydrogen-bond acceptors (Lipinski definition) is 6. The first-order valence-corrected chi connectivity index (χ1v) is 8.57. The topological polar surface area (TPSA) is 103 Å². The zero-order valence-corrected chi connectivity index (χ0v) is 16.2. The minimum absolute atomic E-state index is 0.121. The van der Waals surface area contributed by atoms with Gasteiger partial charge < -0.3 is 19.5 Å². The standard InChI is InChI=1S/C19H26N2O6/c1-6-26-16-11-14(7-9-15(16)25-5)8-10-17(22)27-13(4)18(23)21-19(24)20-12(2)3/h7-13H,6H2,1-5H3,(H2,20,21,23,24)/b10-8+/t13-/m0/s1. The van der Waals surface area contributed by atoms with Gasteiger partial charge in [-0.25, -0.2) is 9.59 Å². The van der Waals surface area contributed by atoms with Crippen LogP contribution in [0, 0.1) is 0 Å². The van der Waals surface area contributed by atoms with Crippen LogP contribution in [0.15, 0.2) is 24.3 Å². The highest BCUT2D eigenvalue weighted by atomic mass is 16.5. The zero-order chi connectivity index (χ0) is 20.4. The van der Waals surface area contributed by atoms with E-state index >= 15 is 0 Å². The molecule has 1 aromatic rings. The summed E-state index contributed by atoms with van der Waals surface area (Å²) < 4.78 is 15.7. The molecule has 0 aliphatic carbocycles. The fourth-order valence-electron chi connectivity index (χ4n) is 2.01. The van der Waals surface area contributed by atoms with Crippen LogP contribution >= 0.6 is 0 Å². The van der Waals surface area contributed by atoms with Crippen molar-refractivity contribution in [3.05, 3.63) is 29.8 Å². The fraction of sp³-hybridized carbons (Fsp3) is 0.421. The maximum absolute atomic E-state index is 11.9. The molecule has 27 heavy (non-hydrogen) atoms. The highest BCUT2D eigenvalue weighted by molar-refractivity contribution is 5.98. The van der Waals surface area contributed by atoms with Crippen molar-refractivity contribution in [2.24, 2.45) is 0 Å². The van der Waals surface area contributed by atoms with Gasteiger partial charge in [0.25, 0.3) is 5.91 Å². The lowest BCUT2D eigenvalue weighted by molar-refractivity contribution is -0.149. The van der Waals surface area contributed by atoms with Gasteiger partial charge in [-0.05, 0) is 51.5 Å². The van der Waals surface area contributed by atoms with Crippen molar-refractivity contribution in [3.63, 3.8) is 0 Å². The van der Waals surface area contributed by atoms with Crippen molar-refractivity contribution in [1.29, 1.82) is 0 Å². The van der Waals surface area contributed by atoms with Gasteiger partial charge >= 0.3 is 12.0 Å². The number of carbonyl (C=O) groups excluding carboxylic acids is 3. The highest BCUT2D eigenvalue weighted by Gasteiger charge is 2.19. The third-order valence-electron chi connectivity index (χ3n) is 3.22. The molecule has 0 saturated carbocycles. The van der Waals surface area contributed by atoms with Crippen LogP contribution in [-0.4, -0.2) is 43.8 Å². The number of nitrogens with one attached hydrogen (secondary N) is 2. The Kier molecular flexibility index (Phi) is 8.84. The first kappa shape index (κ1) is 22.0. The van der Waals surface area contributed by atoms with Crippen molar-refractivity contribution < 1.29 is 28.6 Å². The summed E-state index contributed by atoms with van der Waals surface area (Å²) in [5, 5.41) is 4.61. The summed E-state index contributed by atoms with van der Waals surface area (Å²) in [5.74, 6) is -0.283. The van der Waals surface area contributed by atoms with E-state index in [1.807, 2.05) is 6.92 Å². The lowest BCUT2D eigenvalue weighted by atomic mass is 10.2. The van der Waals surface area contributed by atoms with Gasteiger partial charge in [0.1, 0.15) is 0 Å². The molecule has 0 heterocycles. The van der Waals surface area contributed by atoms with Crippen LogP contribution in [0.5, 0.6) is 11.5 Å². The van der Waals surface area contributed by atoms with Crippen LogP contribution in [0.3, 0.4) is 0 Å². The monoisotopic (exact) mass is 378 g/mol. The van der Waals surface area contributed by atoms with Gasteiger partial charge in [-0.3, -0.25) is 10.1 Å². The molecule has 1 rings (SSSR count). The number of hydrogen-bond donors (Lipinski definition) is 2. The Morgan fingerprint density at radius 2 is 1.85 bits per heavy atom. The predicted octanol–water partition coefficient (Wildman–Crippen LogP) is 2.27. The summed E-state index contributed by atoms with van der Waals surface area (Å²) >= 11 is 0. The molecule has 0 fully saturated rings. The van der Waals surface area contributed by atoms with Crippen molar-refractivity contribution in [2.45, 2.75) is 39.8 Å². The van der Waals surface area contributed by atoms with Crippen LogP contribution in [0.4, 0.5) is 4.79 Å². The molecule has 8 heteroatoms. The number of rotatable bonds is 8. The molecular weight excluding hydrogens is 352 g/mol. The Hall–Kier alpha value is -3.03. The number of esters is 1. The highest BCUT2D eigenvalue weighted by Crippen LogP contribution is 2.28. The summed E-state index contributed by atoms with van der Waals surface area (Å²) in [6.07, 6.45) is 1.60. The van der Waals surface area contributed by atoms with Gasteiger partial charge in [0, 0.05) is 12.1 Å². The largest absolute Gasteiger partial charge is 0.493 e. The second-order valence-corrected chi connectivity index (χ2v) is 5.87. The average Bonchev–Trinajstić information content (AvgIpc) is 2.59. The molecule has 148 valence electrons. The van der Waals surface area contributed by atoms with Gasteiger partial charge in [-0.2, -0.15) is 0 Å². The lowest BCUT2D eigenvalue weighted by Crippen LogP contribution is -2.46. The van der Waals surface area contributed by atoms with Gasteiger partial charge in [0.15, 0.2) is 17.6 Å². The van der Waals surface area contributed by atoms with Gasteiger partial charge in [-0.1, -0.05) is 6.07 Å². The summed E-state index contributed by atoms with van der Waals surface area (Å²) in [5.41, 5.74) is 0.699. The summed E-state index contributed by atoms with van der Waals surface area (Å²) in [7, 11) is 1.54. The van der Waals surface area contributed by atoms with Crippen molar-refractivity contribution in [2.75, 3.05) is 13.7 Å². The second kappa shape index (κ2) is 10.8. The molecule has 8 nitrogen and oxygen atoms in total. The molecular formula is C19H26N2O6. The number of benzene rings is 1. The first-order chi connectivity index (χ1) is 12.8. The van der Waals surface area contributed by atoms with Crippen LogP contribution in [0.25, 0.3) is 6.08 Å². The predicted molar refractivity (Wildman–Crippen MR) is 101 cm³/mol. The van der Waals surface area contributed by atoms with Gasteiger partial charge in [-0.15, -0.1) is 0 Å². The van der Waals surface area contributed by atoms with E-state index in [-0.39, 0.29) is 6.04 Å². The van der Waals surface area contributed by atoms with Gasteiger partial charge in [0.2, 0.25) is 0 Å². The summed E-state index contributed by atoms with van der Waals surface area (Å²) in [6, 6.07) is 4.43. The summed E-state index contributed by atoms with van der Waals surface area (Å²) in [4.78, 5) is 35.2. The third kappa shape index (κ3) is 7.81. The van der Waals surface area contributed by atoms with E-state index in [1.54, 1.807) is 39.2 Å². The Morgan fingerprint density at radius 1 is 1.15 bits per heavy atom. The molecule has 0 unspecified atom stereocenters. The third-order valence-corrected chi connectivity index (χ3v) is 3.22. The number of imide groups is 1. The van der Waals surface area contributed by atoms with Gasteiger partial charge in [0.05, 0.1) is 13.7 Å². The quantitative estimate of drug-likeness (QED) is 0.531. The second-order valence-electron chi connectivity index (χ2n) is 5.87. The molecule has 1 atom stereocenters. The Bertz CT molecular complexity index is 699. The van der Waals surface area contributed by atoms with Crippen molar-refractivity contribution in [3.8, 4) is 11.5 Å². The van der Waals surface area contributed by atoms with Crippen LogP contribution < -0.4 is 20.1 Å². The molecule has 0 radical (unpaired) electrons. The lowest BCUT2D eigenvalue weighted by Gasteiger charge is -2.13. The maximum atomic E-state index is 11.9. The zero-order valence-electron chi connectivity index (χ0n) is 16.2. The molecule has 1 aromatic carbocycles. The molecule has 0 aliphatic heterocycles. The van der Waals surface area contributed by atoms with E-state index in [4.69, 9.17) is 14.2 Å². The smallest absolute Gasteiger partial charge is 0.331 e. The first-order valence-electron chi connectivity index (χ1n) is 8.57. The average molecular weight is 378 g/mol. The molecule has 0 aromatic heterocycles. The Labute approximate surface area is 158 Å². The molecule has 2 N–H and O–H groups in total. The Morgan fingerprint density at radius 3 is 2.44 bits per heavy atom. The van der Waals surface area contributed by atoms with E-state index in [1.165, 1.54) is 19.1 Å². The maximum Gasteiger partial charge on any atom is 0.331 e.